The van der Waals surface area contributed by atoms with Crippen LogP contribution in [0.1, 0.15) is 12.8 Å². The lowest BCUT2D eigenvalue weighted by molar-refractivity contribution is -0.128. The SMILES string of the molecule is CN(C)C(=O)CCCN=[N+]=[N-]. The van der Waals surface area contributed by atoms with E-state index in [4.69, 9.17) is 5.53 Å². The third-order valence-corrected chi connectivity index (χ3v) is 1.21. The van der Waals surface area contributed by atoms with Crippen LogP contribution in [0.5, 0.6) is 0 Å². The average Bonchev–Trinajstić information content (AvgIpc) is 1.97. The summed E-state index contributed by atoms with van der Waals surface area (Å²) in [6.07, 6.45) is 1.08. The van der Waals surface area contributed by atoms with Crippen LogP contribution in [0.3, 0.4) is 0 Å². The van der Waals surface area contributed by atoms with Gasteiger partial charge in [-0.1, -0.05) is 5.11 Å². The molecule has 0 spiro atoms. The van der Waals surface area contributed by atoms with Gasteiger partial charge in [0, 0.05) is 32.0 Å². The molecule has 1 amide bonds. The van der Waals surface area contributed by atoms with Gasteiger partial charge in [-0.05, 0) is 12.0 Å². The van der Waals surface area contributed by atoms with Crippen LogP contribution in [-0.2, 0) is 4.79 Å². The van der Waals surface area contributed by atoms with E-state index < -0.39 is 0 Å². The maximum Gasteiger partial charge on any atom is 0.222 e. The number of rotatable bonds is 4. The maximum atomic E-state index is 10.9. The minimum atomic E-state index is 0.0677. The molecule has 0 aromatic carbocycles. The smallest absolute Gasteiger partial charge is 0.222 e. The molecule has 5 nitrogen and oxygen atoms in total. The molecule has 0 saturated heterocycles. The zero-order valence-corrected chi connectivity index (χ0v) is 6.82. The van der Waals surface area contributed by atoms with Gasteiger partial charge < -0.3 is 4.90 Å². The fourth-order valence-corrected chi connectivity index (χ4v) is 0.569. The van der Waals surface area contributed by atoms with E-state index in [9.17, 15) is 4.79 Å². The van der Waals surface area contributed by atoms with Gasteiger partial charge in [-0.2, -0.15) is 0 Å². The van der Waals surface area contributed by atoms with E-state index in [1.54, 1.807) is 14.1 Å². The monoisotopic (exact) mass is 156 g/mol. The largest absolute Gasteiger partial charge is 0.349 e. The summed E-state index contributed by atoms with van der Waals surface area (Å²) in [6, 6.07) is 0. The first-order chi connectivity index (χ1) is 5.18. The average molecular weight is 156 g/mol. The van der Waals surface area contributed by atoms with Gasteiger partial charge in [-0.3, -0.25) is 4.79 Å². The van der Waals surface area contributed by atoms with Crippen LogP contribution in [-0.4, -0.2) is 31.4 Å². The van der Waals surface area contributed by atoms with Crippen molar-refractivity contribution >= 4 is 5.91 Å². The molecule has 5 heteroatoms. The lowest BCUT2D eigenvalue weighted by atomic mass is 10.3. The van der Waals surface area contributed by atoms with Crippen molar-refractivity contribution in [2.75, 3.05) is 20.6 Å². The molecule has 0 aromatic heterocycles. The summed E-state index contributed by atoms with van der Waals surface area (Å²) in [5.74, 6) is 0.0677. The molecule has 0 aliphatic heterocycles. The molecule has 0 atom stereocenters. The Morgan fingerprint density at radius 3 is 2.73 bits per heavy atom. The molecular weight excluding hydrogens is 144 g/mol. The number of amides is 1. The summed E-state index contributed by atoms with van der Waals surface area (Å²) in [7, 11) is 3.41. The fraction of sp³-hybridized carbons (Fsp3) is 0.833. The Morgan fingerprint density at radius 1 is 1.64 bits per heavy atom. The first-order valence-corrected chi connectivity index (χ1v) is 3.39. The molecule has 0 N–H and O–H groups in total. The van der Waals surface area contributed by atoms with E-state index in [1.807, 2.05) is 0 Å². The summed E-state index contributed by atoms with van der Waals surface area (Å²) in [5.41, 5.74) is 7.90. The van der Waals surface area contributed by atoms with E-state index >= 15 is 0 Å². The fourth-order valence-electron chi connectivity index (χ4n) is 0.569. The predicted octanol–water partition coefficient (Wildman–Crippen LogP) is 1.17. The van der Waals surface area contributed by atoms with Crippen LogP contribution in [0.2, 0.25) is 0 Å². The van der Waals surface area contributed by atoms with Gasteiger partial charge in [0.05, 0.1) is 0 Å². The molecule has 0 fully saturated rings. The van der Waals surface area contributed by atoms with Crippen molar-refractivity contribution in [3.8, 4) is 0 Å². The van der Waals surface area contributed by atoms with Crippen LogP contribution >= 0.6 is 0 Å². The quantitative estimate of drug-likeness (QED) is 0.260. The number of azide groups is 1. The standard InChI is InChI=1S/C6H12N4O/c1-10(2)6(11)4-3-5-8-9-7/h3-5H2,1-2H3. The van der Waals surface area contributed by atoms with E-state index in [0.717, 1.165) is 0 Å². The Kier molecular flexibility index (Phi) is 4.94. The minimum Gasteiger partial charge on any atom is -0.349 e. The Labute approximate surface area is 65.6 Å². The zero-order chi connectivity index (χ0) is 8.69. The first kappa shape index (κ1) is 9.78. The Morgan fingerprint density at radius 2 is 2.27 bits per heavy atom. The van der Waals surface area contributed by atoms with Gasteiger partial charge in [0.2, 0.25) is 5.91 Å². The van der Waals surface area contributed by atoms with E-state index in [-0.39, 0.29) is 5.91 Å². The van der Waals surface area contributed by atoms with Gasteiger partial charge in [0.25, 0.3) is 0 Å². The van der Waals surface area contributed by atoms with E-state index in [2.05, 4.69) is 10.0 Å². The van der Waals surface area contributed by atoms with Gasteiger partial charge in [-0.15, -0.1) is 0 Å². The highest BCUT2D eigenvalue weighted by Gasteiger charge is 2.01. The lowest BCUT2D eigenvalue weighted by Gasteiger charge is -2.08. The maximum absolute atomic E-state index is 10.9. The van der Waals surface area contributed by atoms with Crippen LogP contribution in [0.25, 0.3) is 10.4 Å². The summed E-state index contributed by atoms with van der Waals surface area (Å²) in [4.78, 5) is 15.0. The Hall–Kier alpha value is -1.22. The molecule has 0 saturated carbocycles. The van der Waals surface area contributed by atoms with Crippen molar-refractivity contribution in [1.82, 2.24) is 4.90 Å². The third kappa shape index (κ3) is 5.24. The predicted molar refractivity (Wildman–Crippen MR) is 41.9 cm³/mol. The molecule has 0 aromatic rings. The lowest BCUT2D eigenvalue weighted by Crippen LogP contribution is -2.21. The van der Waals surface area contributed by atoms with Crippen LogP contribution < -0.4 is 0 Å². The molecule has 0 radical (unpaired) electrons. The van der Waals surface area contributed by atoms with Crippen molar-refractivity contribution in [3.63, 3.8) is 0 Å². The molecule has 0 aliphatic rings. The molecular formula is C6H12N4O. The number of hydrogen-bond donors (Lipinski definition) is 0. The third-order valence-electron chi connectivity index (χ3n) is 1.21. The molecule has 0 unspecified atom stereocenters. The molecule has 0 bridgehead atoms. The van der Waals surface area contributed by atoms with Crippen molar-refractivity contribution in [3.05, 3.63) is 10.4 Å². The highest BCUT2D eigenvalue weighted by Crippen LogP contribution is 1.93. The summed E-state index contributed by atoms with van der Waals surface area (Å²) in [5, 5.41) is 3.31. The topological polar surface area (TPSA) is 69.1 Å². The molecule has 0 rings (SSSR count). The number of carbonyl (C=O) groups excluding carboxylic acids is 1. The van der Waals surface area contributed by atoms with Gasteiger partial charge >= 0.3 is 0 Å². The van der Waals surface area contributed by atoms with Gasteiger partial charge in [0.15, 0.2) is 0 Å². The molecule has 11 heavy (non-hydrogen) atoms. The molecule has 62 valence electrons. The first-order valence-electron chi connectivity index (χ1n) is 3.39. The Bertz CT molecular complexity index is 171. The molecule has 0 heterocycles. The molecule has 0 aliphatic carbocycles. The van der Waals surface area contributed by atoms with E-state index in [0.29, 0.717) is 19.4 Å². The van der Waals surface area contributed by atoms with Crippen molar-refractivity contribution < 1.29 is 4.79 Å². The van der Waals surface area contributed by atoms with Gasteiger partial charge in [-0.25, -0.2) is 0 Å². The highest BCUT2D eigenvalue weighted by atomic mass is 16.2. The summed E-state index contributed by atoms with van der Waals surface area (Å²) < 4.78 is 0. The minimum absolute atomic E-state index is 0.0677. The zero-order valence-electron chi connectivity index (χ0n) is 6.82. The van der Waals surface area contributed by atoms with E-state index in [1.165, 1.54) is 4.90 Å². The van der Waals surface area contributed by atoms with Gasteiger partial charge in [0.1, 0.15) is 0 Å². The summed E-state index contributed by atoms with van der Waals surface area (Å²) in [6.45, 7) is 0.399. The normalized spacial score (nSPS) is 8.55. The number of nitrogens with zero attached hydrogens (tertiary/aromatic N) is 4. The van der Waals surface area contributed by atoms with Crippen molar-refractivity contribution in [2.24, 2.45) is 5.11 Å². The van der Waals surface area contributed by atoms with Crippen molar-refractivity contribution in [1.29, 1.82) is 0 Å². The number of carbonyl (C=O) groups is 1. The summed E-state index contributed by atoms with van der Waals surface area (Å²) >= 11 is 0. The van der Waals surface area contributed by atoms with Crippen molar-refractivity contribution in [2.45, 2.75) is 12.8 Å². The Balaban J connectivity index is 3.39. The second-order valence-corrected chi connectivity index (χ2v) is 2.35. The number of hydrogen-bond acceptors (Lipinski definition) is 2. The second kappa shape index (κ2) is 5.56. The second-order valence-electron chi connectivity index (χ2n) is 2.35. The van der Waals surface area contributed by atoms with Crippen LogP contribution in [0.4, 0.5) is 0 Å². The highest BCUT2D eigenvalue weighted by molar-refractivity contribution is 5.75. The van der Waals surface area contributed by atoms with Crippen LogP contribution in [0, 0.1) is 0 Å². The van der Waals surface area contributed by atoms with Crippen LogP contribution in [0.15, 0.2) is 5.11 Å².